The van der Waals surface area contributed by atoms with Gasteiger partial charge in [-0.25, -0.2) is 9.97 Å². The second kappa shape index (κ2) is 4.03. The molecule has 0 bridgehead atoms. The number of nitrogens with one attached hydrogen (secondary N) is 2. The van der Waals surface area contributed by atoms with Crippen LogP contribution in [0.2, 0.25) is 5.15 Å². The summed E-state index contributed by atoms with van der Waals surface area (Å²) in [7, 11) is 0. The molecule has 1 saturated heterocycles. The smallest absolute Gasteiger partial charge is 0.142 e. The molecule has 1 unspecified atom stereocenters. The molecule has 2 N–H and O–H groups in total. The minimum Gasteiger partial charge on any atom is -0.346 e. The van der Waals surface area contributed by atoms with Crippen LogP contribution < -0.4 is 5.32 Å². The third-order valence-electron chi connectivity index (χ3n) is 3.14. The molecule has 1 atom stereocenters. The van der Waals surface area contributed by atoms with Crippen LogP contribution in [0.1, 0.15) is 30.9 Å². The van der Waals surface area contributed by atoms with Crippen LogP contribution in [-0.2, 0) is 0 Å². The number of H-pyrrole nitrogens is 1. The molecular weight excluding hydrogens is 224 g/mol. The van der Waals surface area contributed by atoms with Gasteiger partial charge in [-0.2, -0.15) is 0 Å². The Labute approximate surface area is 98.4 Å². The molecule has 84 valence electrons. The van der Waals surface area contributed by atoms with Gasteiger partial charge in [0, 0.05) is 12.2 Å². The van der Waals surface area contributed by atoms with Crippen molar-refractivity contribution in [3.05, 3.63) is 23.2 Å². The molecule has 1 aliphatic heterocycles. The summed E-state index contributed by atoms with van der Waals surface area (Å²) in [5, 5.41) is 5.00. The number of fused-ring (bicyclic) bond motifs is 1. The van der Waals surface area contributed by atoms with E-state index < -0.39 is 0 Å². The summed E-state index contributed by atoms with van der Waals surface area (Å²) in [4.78, 5) is 11.4. The standard InChI is InChI=1S/C11H13ClN4/c12-10-9-7(8-3-1-2-4-13-8)5-14-11(9)16-6-15-10/h5-6,8,13H,1-4H2,(H,14,15,16). The Morgan fingerprint density at radius 2 is 2.25 bits per heavy atom. The van der Waals surface area contributed by atoms with E-state index in [1.807, 2.05) is 6.20 Å². The molecule has 2 aromatic heterocycles. The zero-order valence-electron chi connectivity index (χ0n) is 8.83. The molecule has 1 fully saturated rings. The van der Waals surface area contributed by atoms with E-state index >= 15 is 0 Å². The molecule has 3 heterocycles. The van der Waals surface area contributed by atoms with E-state index in [0.29, 0.717) is 11.2 Å². The molecular formula is C11H13ClN4. The first-order valence-electron chi connectivity index (χ1n) is 5.57. The molecule has 16 heavy (non-hydrogen) atoms. The van der Waals surface area contributed by atoms with Crippen molar-refractivity contribution in [1.29, 1.82) is 0 Å². The summed E-state index contributed by atoms with van der Waals surface area (Å²) < 4.78 is 0. The Kier molecular flexibility index (Phi) is 2.53. The van der Waals surface area contributed by atoms with Crippen molar-refractivity contribution in [2.45, 2.75) is 25.3 Å². The van der Waals surface area contributed by atoms with Crippen molar-refractivity contribution in [3.63, 3.8) is 0 Å². The lowest BCUT2D eigenvalue weighted by Gasteiger charge is -2.23. The number of nitrogens with zero attached hydrogens (tertiary/aromatic N) is 2. The van der Waals surface area contributed by atoms with Crippen LogP contribution in [0.5, 0.6) is 0 Å². The van der Waals surface area contributed by atoms with Crippen molar-refractivity contribution >= 4 is 22.6 Å². The summed E-state index contributed by atoms with van der Waals surface area (Å²) in [6, 6.07) is 0.381. The Hall–Kier alpha value is -1.13. The van der Waals surface area contributed by atoms with E-state index in [1.165, 1.54) is 24.7 Å². The van der Waals surface area contributed by atoms with Gasteiger partial charge >= 0.3 is 0 Å². The van der Waals surface area contributed by atoms with Crippen LogP contribution in [0.3, 0.4) is 0 Å². The maximum Gasteiger partial charge on any atom is 0.142 e. The number of halogens is 1. The number of rotatable bonds is 1. The summed E-state index contributed by atoms with van der Waals surface area (Å²) >= 11 is 6.12. The summed E-state index contributed by atoms with van der Waals surface area (Å²) in [5.74, 6) is 0. The van der Waals surface area contributed by atoms with Gasteiger partial charge in [0.15, 0.2) is 0 Å². The zero-order valence-corrected chi connectivity index (χ0v) is 9.59. The van der Waals surface area contributed by atoms with Gasteiger partial charge in [0.25, 0.3) is 0 Å². The topological polar surface area (TPSA) is 53.6 Å². The predicted molar refractivity (Wildman–Crippen MR) is 63.5 cm³/mol. The number of piperidine rings is 1. The third kappa shape index (κ3) is 1.58. The first-order valence-corrected chi connectivity index (χ1v) is 5.95. The number of hydrogen-bond acceptors (Lipinski definition) is 3. The summed E-state index contributed by atoms with van der Waals surface area (Å²) in [6.07, 6.45) is 7.14. The number of hydrogen-bond donors (Lipinski definition) is 2. The molecule has 1 aliphatic rings. The zero-order chi connectivity index (χ0) is 11.0. The molecule has 0 aliphatic carbocycles. The molecule has 5 heteroatoms. The molecule has 0 saturated carbocycles. The Bertz CT molecular complexity index is 502. The highest BCUT2D eigenvalue weighted by Gasteiger charge is 2.20. The Morgan fingerprint density at radius 1 is 1.31 bits per heavy atom. The fourth-order valence-corrected chi connectivity index (χ4v) is 2.58. The number of aromatic nitrogens is 3. The van der Waals surface area contributed by atoms with Crippen molar-refractivity contribution in [1.82, 2.24) is 20.3 Å². The van der Waals surface area contributed by atoms with E-state index in [0.717, 1.165) is 24.0 Å². The van der Waals surface area contributed by atoms with Crippen molar-refractivity contribution in [3.8, 4) is 0 Å². The van der Waals surface area contributed by atoms with Gasteiger partial charge in [-0.05, 0) is 24.9 Å². The van der Waals surface area contributed by atoms with Crippen molar-refractivity contribution < 1.29 is 0 Å². The van der Waals surface area contributed by atoms with Crippen LogP contribution in [-0.4, -0.2) is 21.5 Å². The second-order valence-corrected chi connectivity index (χ2v) is 4.49. The van der Waals surface area contributed by atoms with Crippen LogP contribution in [0.25, 0.3) is 11.0 Å². The highest BCUT2D eigenvalue weighted by molar-refractivity contribution is 6.34. The van der Waals surface area contributed by atoms with E-state index in [1.54, 1.807) is 0 Å². The molecule has 0 spiro atoms. The maximum atomic E-state index is 6.12. The molecule has 3 rings (SSSR count). The van der Waals surface area contributed by atoms with Crippen LogP contribution in [0.15, 0.2) is 12.5 Å². The largest absolute Gasteiger partial charge is 0.346 e. The molecule has 0 aromatic carbocycles. The van der Waals surface area contributed by atoms with Crippen molar-refractivity contribution in [2.24, 2.45) is 0 Å². The van der Waals surface area contributed by atoms with Crippen LogP contribution >= 0.6 is 11.6 Å². The first-order chi connectivity index (χ1) is 7.86. The molecule has 0 radical (unpaired) electrons. The highest BCUT2D eigenvalue weighted by atomic mass is 35.5. The fourth-order valence-electron chi connectivity index (χ4n) is 2.34. The van der Waals surface area contributed by atoms with E-state index in [-0.39, 0.29) is 0 Å². The van der Waals surface area contributed by atoms with E-state index in [9.17, 15) is 0 Å². The van der Waals surface area contributed by atoms with Crippen LogP contribution in [0.4, 0.5) is 0 Å². The van der Waals surface area contributed by atoms with Gasteiger partial charge in [-0.1, -0.05) is 18.0 Å². The van der Waals surface area contributed by atoms with Gasteiger partial charge in [-0.3, -0.25) is 0 Å². The average molecular weight is 237 g/mol. The first kappa shape index (κ1) is 10.1. The minimum atomic E-state index is 0.381. The molecule has 4 nitrogen and oxygen atoms in total. The van der Waals surface area contributed by atoms with Gasteiger partial charge in [0.2, 0.25) is 0 Å². The maximum absolute atomic E-state index is 6.12. The van der Waals surface area contributed by atoms with Gasteiger partial charge < -0.3 is 10.3 Å². The van der Waals surface area contributed by atoms with E-state index in [2.05, 4.69) is 20.3 Å². The third-order valence-corrected chi connectivity index (χ3v) is 3.43. The normalized spacial score (nSPS) is 21.4. The Balaban J connectivity index is 2.09. The lowest BCUT2D eigenvalue weighted by atomic mass is 9.98. The molecule has 0 amide bonds. The average Bonchev–Trinajstić information content (AvgIpc) is 2.75. The Morgan fingerprint density at radius 3 is 3.06 bits per heavy atom. The minimum absolute atomic E-state index is 0.381. The summed E-state index contributed by atoms with van der Waals surface area (Å²) in [6.45, 7) is 1.07. The fraction of sp³-hybridized carbons (Fsp3) is 0.455. The highest BCUT2D eigenvalue weighted by Crippen LogP contribution is 2.31. The molecule has 2 aromatic rings. The quantitative estimate of drug-likeness (QED) is 0.748. The van der Waals surface area contributed by atoms with Gasteiger partial charge in [-0.15, -0.1) is 0 Å². The SMILES string of the molecule is Clc1ncnc2[nH]cc(C3CCCCN3)c12. The van der Waals surface area contributed by atoms with Gasteiger partial charge in [0.05, 0.1) is 5.39 Å². The monoisotopic (exact) mass is 236 g/mol. The second-order valence-electron chi connectivity index (χ2n) is 4.13. The summed E-state index contributed by atoms with van der Waals surface area (Å²) in [5.41, 5.74) is 2.02. The number of aromatic amines is 1. The van der Waals surface area contributed by atoms with E-state index in [4.69, 9.17) is 11.6 Å². The van der Waals surface area contributed by atoms with Crippen LogP contribution in [0, 0.1) is 0 Å². The van der Waals surface area contributed by atoms with Crippen molar-refractivity contribution in [2.75, 3.05) is 6.54 Å². The predicted octanol–water partition coefficient (Wildman–Crippen LogP) is 2.43. The van der Waals surface area contributed by atoms with Gasteiger partial charge in [0.1, 0.15) is 17.1 Å². The lowest BCUT2D eigenvalue weighted by Crippen LogP contribution is -2.26. The lowest BCUT2D eigenvalue weighted by molar-refractivity contribution is 0.414.